The molecule has 0 radical (unpaired) electrons. The molecule has 0 fully saturated rings. The molecule has 0 unspecified atom stereocenters. The first kappa shape index (κ1) is 10.5. The molecular weight excluding hydrogens is 186 g/mol. The van der Waals surface area contributed by atoms with Crippen LogP contribution in [0.2, 0.25) is 0 Å². The number of primary amides is 1. The van der Waals surface area contributed by atoms with Crippen molar-refractivity contribution in [1.29, 1.82) is 0 Å². The largest absolute Gasteiger partial charge is 0.508 e. The molecule has 76 valence electrons. The third-order valence-electron chi connectivity index (χ3n) is 1.99. The number of aliphatic hydroxyl groups is 2. The quantitative estimate of drug-likeness (QED) is 0.523. The van der Waals surface area contributed by atoms with E-state index in [2.05, 4.69) is 0 Å². The molecule has 1 aromatic rings. The Morgan fingerprint density at radius 3 is 2.21 bits per heavy atom. The summed E-state index contributed by atoms with van der Waals surface area (Å²) in [5, 5.41) is 27.2. The number of carbonyl (C=O) groups excluding carboxylic acids is 1. The molecule has 5 N–H and O–H groups in total. The minimum Gasteiger partial charge on any atom is -0.508 e. The molecule has 0 saturated heterocycles. The van der Waals surface area contributed by atoms with Gasteiger partial charge in [-0.25, -0.2) is 0 Å². The number of carbonyl (C=O) groups is 1. The monoisotopic (exact) mass is 197 g/mol. The fourth-order valence-corrected chi connectivity index (χ4v) is 1.27. The van der Waals surface area contributed by atoms with Gasteiger partial charge in [0.2, 0.25) is 5.91 Å². The lowest BCUT2D eigenvalue weighted by atomic mass is 10.0. The Morgan fingerprint density at radius 2 is 1.79 bits per heavy atom. The topological polar surface area (TPSA) is 104 Å². The molecule has 1 amide bonds. The second-order valence-electron chi connectivity index (χ2n) is 2.77. The Morgan fingerprint density at radius 1 is 1.21 bits per heavy atom. The fraction of sp³-hybridized carbons (Fsp3) is 0.222. The first-order chi connectivity index (χ1) is 6.61. The van der Waals surface area contributed by atoms with Crippen LogP contribution in [-0.4, -0.2) is 21.2 Å². The van der Waals surface area contributed by atoms with E-state index in [4.69, 9.17) is 15.9 Å². The third-order valence-corrected chi connectivity index (χ3v) is 1.99. The number of nitrogens with two attached hydrogens (primary N) is 1. The lowest BCUT2D eigenvalue weighted by Gasteiger charge is -2.10. The van der Waals surface area contributed by atoms with Gasteiger partial charge in [0, 0.05) is 11.1 Å². The molecule has 1 aromatic carbocycles. The van der Waals surface area contributed by atoms with Gasteiger partial charge in [0.25, 0.3) is 0 Å². The van der Waals surface area contributed by atoms with Crippen LogP contribution in [0.15, 0.2) is 12.1 Å². The molecule has 0 heterocycles. The molecule has 0 aliphatic heterocycles. The van der Waals surface area contributed by atoms with Gasteiger partial charge in [-0.1, -0.05) is 0 Å². The maximum atomic E-state index is 10.9. The number of hydrogen-bond acceptors (Lipinski definition) is 4. The van der Waals surface area contributed by atoms with E-state index < -0.39 is 19.1 Å². The van der Waals surface area contributed by atoms with Crippen LogP contribution in [0.4, 0.5) is 0 Å². The number of phenols is 1. The van der Waals surface area contributed by atoms with Crippen molar-refractivity contribution in [3.63, 3.8) is 0 Å². The Balaban J connectivity index is 3.40. The standard InChI is InChI=1S/C9H11NO4/c10-9(14)5-1-2-8(13)7(4-12)6(5)3-11/h1-2,11-13H,3-4H2,(H2,10,14). The van der Waals surface area contributed by atoms with E-state index in [1.165, 1.54) is 12.1 Å². The molecule has 0 aromatic heterocycles. The van der Waals surface area contributed by atoms with E-state index in [1.54, 1.807) is 0 Å². The van der Waals surface area contributed by atoms with Crippen molar-refractivity contribution in [3.05, 3.63) is 28.8 Å². The number of benzene rings is 1. The summed E-state index contributed by atoms with van der Waals surface area (Å²) >= 11 is 0. The predicted molar refractivity (Wildman–Crippen MR) is 48.5 cm³/mol. The molecule has 5 nitrogen and oxygen atoms in total. The Bertz CT molecular complexity index is 362. The number of rotatable bonds is 3. The third kappa shape index (κ3) is 1.68. The second kappa shape index (κ2) is 4.08. The fourth-order valence-electron chi connectivity index (χ4n) is 1.27. The second-order valence-corrected chi connectivity index (χ2v) is 2.77. The maximum Gasteiger partial charge on any atom is 0.249 e. The number of aromatic hydroxyl groups is 1. The van der Waals surface area contributed by atoms with Gasteiger partial charge >= 0.3 is 0 Å². The van der Waals surface area contributed by atoms with Crippen molar-refractivity contribution >= 4 is 5.91 Å². The van der Waals surface area contributed by atoms with Crippen LogP contribution >= 0.6 is 0 Å². The van der Waals surface area contributed by atoms with Gasteiger partial charge in [-0.3, -0.25) is 4.79 Å². The van der Waals surface area contributed by atoms with Crippen molar-refractivity contribution < 1.29 is 20.1 Å². The molecular formula is C9H11NO4. The SMILES string of the molecule is NC(=O)c1ccc(O)c(CO)c1CO. The minimum atomic E-state index is -0.705. The smallest absolute Gasteiger partial charge is 0.249 e. The number of aliphatic hydroxyl groups excluding tert-OH is 2. The molecule has 0 atom stereocenters. The molecule has 0 spiro atoms. The van der Waals surface area contributed by atoms with Gasteiger partial charge in [-0.2, -0.15) is 0 Å². The van der Waals surface area contributed by atoms with Crippen LogP contribution in [0.3, 0.4) is 0 Å². The van der Waals surface area contributed by atoms with Crippen molar-refractivity contribution in [2.45, 2.75) is 13.2 Å². The maximum absolute atomic E-state index is 10.9. The Hall–Kier alpha value is -1.59. The first-order valence-corrected chi connectivity index (χ1v) is 3.97. The molecule has 14 heavy (non-hydrogen) atoms. The van der Waals surface area contributed by atoms with Crippen molar-refractivity contribution in [2.24, 2.45) is 5.73 Å². The highest BCUT2D eigenvalue weighted by atomic mass is 16.3. The van der Waals surface area contributed by atoms with Gasteiger partial charge in [0.1, 0.15) is 5.75 Å². The molecule has 0 bridgehead atoms. The molecule has 1 rings (SSSR count). The molecule has 5 heteroatoms. The zero-order chi connectivity index (χ0) is 10.7. The van der Waals surface area contributed by atoms with E-state index in [0.29, 0.717) is 0 Å². The predicted octanol–water partition coefficient (Wildman–Crippen LogP) is -0.524. The molecule has 0 aliphatic rings. The van der Waals surface area contributed by atoms with Crippen LogP contribution in [0.5, 0.6) is 5.75 Å². The lowest BCUT2D eigenvalue weighted by Crippen LogP contribution is -2.15. The highest BCUT2D eigenvalue weighted by Gasteiger charge is 2.14. The van der Waals surface area contributed by atoms with Crippen molar-refractivity contribution in [2.75, 3.05) is 0 Å². The minimum absolute atomic E-state index is 0.106. The average Bonchev–Trinajstić information content (AvgIpc) is 2.16. The van der Waals surface area contributed by atoms with Crippen LogP contribution in [0.1, 0.15) is 21.5 Å². The van der Waals surface area contributed by atoms with Crippen LogP contribution < -0.4 is 5.73 Å². The van der Waals surface area contributed by atoms with Crippen LogP contribution in [0.25, 0.3) is 0 Å². The summed E-state index contributed by atoms with van der Waals surface area (Å²) in [5.74, 6) is -0.870. The van der Waals surface area contributed by atoms with E-state index in [0.717, 1.165) is 0 Å². The summed E-state index contributed by atoms with van der Waals surface area (Å²) in [6, 6.07) is 2.56. The highest BCUT2D eigenvalue weighted by Crippen LogP contribution is 2.24. The summed E-state index contributed by atoms with van der Waals surface area (Å²) in [6.45, 7) is -0.911. The van der Waals surface area contributed by atoms with Crippen LogP contribution in [-0.2, 0) is 13.2 Å². The summed E-state index contributed by atoms with van der Waals surface area (Å²) in [7, 11) is 0. The van der Waals surface area contributed by atoms with Gasteiger partial charge in [-0.15, -0.1) is 0 Å². The highest BCUT2D eigenvalue weighted by molar-refractivity contribution is 5.94. The average molecular weight is 197 g/mol. The van der Waals surface area contributed by atoms with Gasteiger partial charge < -0.3 is 21.1 Å². The van der Waals surface area contributed by atoms with E-state index >= 15 is 0 Å². The zero-order valence-corrected chi connectivity index (χ0v) is 7.40. The van der Waals surface area contributed by atoms with Crippen LogP contribution in [0, 0.1) is 0 Å². The van der Waals surface area contributed by atoms with E-state index in [9.17, 15) is 9.90 Å². The van der Waals surface area contributed by atoms with E-state index in [1.807, 2.05) is 0 Å². The number of amides is 1. The summed E-state index contributed by atoms with van der Waals surface area (Å²) in [4.78, 5) is 10.9. The zero-order valence-electron chi connectivity index (χ0n) is 7.40. The lowest BCUT2D eigenvalue weighted by molar-refractivity contribution is 0.0997. The summed E-state index contributed by atoms with van der Waals surface area (Å²) < 4.78 is 0. The van der Waals surface area contributed by atoms with Gasteiger partial charge in [-0.05, 0) is 17.7 Å². The van der Waals surface area contributed by atoms with Gasteiger partial charge in [0.15, 0.2) is 0 Å². The first-order valence-electron chi connectivity index (χ1n) is 3.97. The Labute approximate surface area is 80.4 Å². The number of hydrogen-bond donors (Lipinski definition) is 4. The van der Waals surface area contributed by atoms with Crippen molar-refractivity contribution in [1.82, 2.24) is 0 Å². The van der Waals surface area contributed by atoms with Crippen molar-refractivity contribution in [3.8, 4) is 5.75 Å². The molecule has 0 saturated carbocycles. The summed E-state index contributed by atoms with van der Waals surface area (Å²) in [5.41, 5.74) is 5.45. The normalized spacial score (nSPS) is 10.1. The summed E-state index contributed by atoms with van der Waals surface area (Å²) in [6.07, 6.45) is 0. The van der Waals surface area contributed by atoms with E-state index in [-0.39, 0.29) is 22.4 Å². The van der Waals surface area contributed by atoms with Gasteiger partial charge in [0.05, 0.1) is 13.2 Å². The molecule has 0 aliphatic carbocycles. The Kier molecular flexibility index (Phi) is 3.06.